The van der Waals surface area contributed by atoms with Crippen molar-refractivity contribution in [2.45, 2.75) is 11.8 Å². The standard InChI is InChI=1S/C9H11NO4S/c1-6(11)10-7-3-4-8(14-2)9(5-7)15(12)13/h3-5H,1-2H3,(H,10,11)(H,12,13). The van der Waals surface area contributed by atoms with Gasteiger partial charge in [-0.3, -0.25) is 4.79 Å². The molecule has 0 saturated carbocycles. The first-order chi connectivity index (χ1) is 7.04. The fourth-order valence-electron chi connectivity index (χ4n) is 1.09. The highest BCUT2D eigenvalue weighted by molar-refractivity contribution is 7.79. The third kappa shape index (κ3) is 3.03. The summed E-state index contributed by atoms with van der Waals surface area (Å²) in [4.78, 5) is 10.9. The lowest BCUT2D eigenvalue weighted by atomic mass is 10.3. The maximum Gasteiger partial charge on any atom is 0.221 e. The Kier molecular flexibility index (Phi) is 3.81. The molecule has 0 radical (unpaired) electrons. The maximum absolute atomic E-state index is 10.9. The summed E-state index contributed by atoms with van der Waals surface area (Å²) in [5.41, 5.74) is 0.459. The van der Waals surface area contributed by atoms with E-state index < -0.39 is 11.1 Å². The van der Waals surface area contributed by atoms with E-state index in [4.69, 9.17) is 9.29 Å². The lowest BCUT2D eigenvalue weighted by Crippen LogP contribution is -2.06. The van der Waals surface area contributed by atoms with Crippen molar-refractivity contribution in [3.05, 3.63) is 18.2 Å². The lowest BCUT2D eigenvalue weighted by Gasteiger charge is -2.07. The average molecular weight is 229 g/mol. The van der Waals surface area contributed by atoms with Gasteiger partial charge in [0.2, 0.25) is 5.91 Å². The normalized spacial score (nSPS) is 11.9. The smallest absolute Gasteiger partial charge is 0.221 e. The quantitative estimate of drug-likeness (QED) is 0.764. The van der Waals surface area contributed by atoms with Crippen molar-refractivity contribution in [2.75, 3.05) is 12.4 Å². The molecule has 0 fully saturated rings. The van der Waals surface area contributed by atoms with Gasteiger partial charge in [0.05, 0.1) is 7.11 Å². The monoisotopic (exact) mass is 229 g/mol. The maximum atomic E-state index is 10.9. The third-order valence-corrected chi connectivity index (χ3v) is 2.37. The molecule has 0 aliphatic rings. The molecule has 0 bridgehead atoms. The molecule has 1 aromatic carbocycles. The predicted octanol–water partition coefficient (Wildman–Crippen LogP) is 1.23. The van der Waals surface area contributed by atoms with Crippen LogP contribution in [-0.2, 0) is 15.9 Å². The SMILES string of the molecule is COc1ccc(NC(C)=O)cc1S(=O)O. The van der Waals surface area contributed by atoms with Crippen molar-refractivity contribution in [1.29, 1.82) is 0 Å². The highest BCUT2D eigenvalue weighted by Crippen LogP contribution is 2.24. The Morgan fingerprint density at radius 1 is 1.53 bits per heavy atom. The summed E-state index contributed by atoms with van der Waals surface area (Å²) < 4.78 is 24.8. The van der Waals surface area contributed by atoms with Crippen LogP contribution in [0.15, 0.2) is 23.1 Å². The van der Waals surface area contributed by atoms with Crippen LogP contribution in [0.5, 0.6) is 5.75 Å². The number of nitrogens with one attached hydrogen (secondary N) is 1. The van der Waals surface area contributed by atoms with Crippen LogP contribution in [0, 0.1) is 0 Å². The first-order valence-corrected chi connectivity index (χ1v) is 5.21. The van der Waals surface area contributed by atoms with Gasteiger partial charge in [-0.25, -0.2) is 4.21 Å². The van der Waals surface area contributed by atoms with Crippen molar-refractivity contribution in [2.24, 2.45) is 0 Å². The molecule has 0 saturated heterocycles. The van der Waals surface area contributed by atoms with Crippen molar-refractivity contribution in [3.63, 3.8) is 0 Å². The van der Waals surface area contributed by atoms with Gasteiger partial charge in [0.25, 0.3) is 0 Å². The molecule has 0 aliphatic heterocycles. The van der Waals surface area contributed by atoms with E-state index in [0.717, 1.165) is 0 Å². The molecule has 5 nitrogen and oxygen atoms in total. The summed E-state index contributed by atoms with van der Waals surface area (Å²) in [5, 5.41) is 2.51. The molecule has 1 unspecified atom stereocenters. The molecule has 0 aromatic heterocycles. The van der Waals surface area contributed by atoms with Gasteiger partial charge in [0, 0.05) is 12.6 Å². The predicted molar refractivity (Wildman–Crippen MR) is 56.3 cm³/mol. The van der Waals surface area contributed by atoms with Crippen molar-refractivity contribution >= 4 is 22.7 Å². The zero-order valence-electron chi connectivity index (χ0n) is 8.31. The Morgan fingerprint density at radius 2 is 2.20 bits per heavy atom. The zero-order valence-corrected chi connectivity index (χ0v) is 9.13. The lowest BCUT2D eigenvalue weighted by molar-refractivity contribution is -0.114. The van der Waals surface area contributed by atoms with E-state index in [9.17, 15) is 9.00 Å². The number of hydrogen-bond donors (Lipinski definition) is 2. The van der Waals surface area contributed by atoms with Crippen LogP contribution in [-0.4, -0.2) is 21.8 Å². The van der Waals surface area contributed by atoms with E-state index in [1.165, 1.54) is 26.2 Å². The second-order valence-corrected chi connectivity index (χ2v) is 3.73. The fourth-order valence-corrected chi connectivity index (χ4v) is 1.65. The van der Waals surface area contributed by atoms with Gasteiger partial charge in [0.15, 0.2) is 11.1 Å². The van der Waals surface area contributed by atoms with E-state index >= 15 is 0 Å². The minimum absolute atomic E-state index is 0.128. The minimum atomic E-state index is -2.14. The van der Waals surface area contributed by atoms with Gasteiger partial charge in [-0.05, 0) is 18.2 Å². The fraction of sp³-hybridized carbons (Fsp3) is 0.222. The second kappa shape index (κ2) is 4.90. The summed E-state index contributed by atoms with van der Waals surface area (Å²) in [6, 6.07) is 4.52. The summed E-state index contributed by atoms with van der Waals surface area (Å²) >= 11 is -2.14. The topological polar surface area (TPSA) is 75.6 Å². The largest absolute Gasteiger partial charge is 0.495 e. The van der Waals surface area contributed by atoms with Crippen LogP contribution in [0.1, 0.15) is 6.92 Å². The van der Waals surface area contributed by atoms with Crippen LogP contribution in [0.3, 0.4) is 0 Å². The highest BCUT2D eigenvalue weighted by Gasteiger charge is 2.09. The third-order valence-electron chi connectivity index (χ3n) is 1.67. The van der Waals surface area contributed by atoms with Crippen LogP contribution in [0.4, 0.5) is 5.69 Å². The Morgan fingerprint density at radius 3 is 2.67 bits per heavy atom. The second-order valence-electron chi connectivity index (χ2n) is 2.80. The van der Waals surface area contributed by atoms with E-state index in [1.54, 1.807) is 6.07 Å². The molecule has 0 spiro atoms. The molecule has 1 aromatic rings. The molecular weight excluding hydrogens is 218 g/mol. The van der Waals surface area contributed by atoms with Crippen LogP contribution < -0.4 is 10.1 Å². The number of benzene rings is 1. The molecule has 82 valence electrons. The Balaban J connectivity index is 3.10. The minimum Gasteiger partial charge on any atom is -0.495 e. The number of carbonyl (C=O) groups is 1. The molecule has 1 atom stereocenters. The molecular formula is C9H11NO4S. The highest BCUT2D eigenvalue weighted by atomic mass is 32.2. The first kappa shape index (κ1) is 11.7. The summed E-state index contributed by atoms with van der Waals surface area (Å²) in [6.07, 6.45) is 0. The summed E-state index contributed by atoms with van der Waals surface area (Å²) in [5.74, 6) is 0.0692. The van der Waals surface area contributed by atoms with Gasteiger partial charge in [-0.2, -0.15) is 0 Å². The Bertz CT molecular complexity index is 405. The Hall–Kier alpha value is -1.40. The van der Waals surface area contributed by atoms with Crippen molar-refractivity contribution in [1.82, 2.24) is 0 Å². The van der Waals surface area contributed by atoms with Crippen LogP contribution in [0.25, 0.3) is 0 Å². The van der Waals surface area contributed by atoms with Crippen LogP contribution in [0.2, 0.25) is 0 Å². The number of ether oxygens (including phenoxy) is 1. The van der Waals surface area contributed by atoms with Crippen molar-refractivity contribution in [3.8, 4) is 5.75 Å². The average Bonchev–Trinajstić information content (AvgIpc) is 2.16. The molecule has 15 heavy (non-hydrogen) atoms. The zero-order chi connectivity index (χ0) is 11.4. The van der Waals surface area contributed by atoms with Gasteiger partial charge in [-0.1, -0.05) is 0 Å². The Labute approximate surface area is 89.7 Å². The van der Waals surface area contributed by atoms with E-state index in [-0.39, 0.29) is 10.8 Å². The number of anilines is 1. The number of methoxy groups -OCH3 is 1. The summed E-state index contributed by atoms with van der Waals surface area (Å²) in [7, 11) is 1.41. The molecule has 1 amide bonds. The van der Waals surface area contributed by atoms with E-state index in [0.29, 0.717) is 11.4 Å². The van der Waals surface area contributed by atoms with E-state index in [2.05, 4.69) is 5.32 Å². The van der Waals surface area contributed by atoms with Gasteiger partial charge in [-0.15, -0.1) is 0 Å². The van der Waals surface area contributed by atoms with Gasteiger partial charge < -0.3 is 14.6 Å². The molecule has 1 rings (SSSR count). The number of carbonyl (C=O) groups excluding carboxylic acids is 1. The molecule has 0 heterocycles. The molecule has 0 aliphatic carbocycles. The van der Waals surface area contributed by atoms with Crippen LogP contribution >= 0.6 is 0 Å². The number of rotatable bonds is 3. The van der Waals surface area contributed by atoms with E-state index in [1.807, 2.05) is 0 Å². The van der Waals surface area contributed by atoms with Gasteiger partial charge in [0.1, 0.15) is 10.6 Å². The van der Waals surface area contributed by atoms with Gasteiger partial charge >= 0.3 is 0 Å². The number of hydrogen-bond acceptors (Lipinski definition) is 3. The first-order valence-electron chi connectivity index (χ1n) is 4.11. The van der Waals surface area contributed by atoms with Crippen molar-refractivity contribution < 1.29 is 18.3 Å². The summed E-state index contributed by atoms with van der Waals surface area (Å²) in [6.45, 7) is 1.36. The molecule has 2 N–H and O–H groups in total. The number of amides is 1. The molecule has 6 heteroatoms.